The van der Waals surface area contributed by atoms with E-state index >= 15 is 0 Å². The molecule has 5 nitrogen and oxygen atoms in total. The maximum atomic E-state index is 12.0. The summed E-state index contributed by atoms with van der Waals surface area (Å²) >= 11 is 0. The standard InChI is InChI=1S/C13H19F3N4O/c14-13(15,16)5-2-7-18-12(21)11-4-8-20(19-11)10-3-1-6-17-9-10/h4,8,10,17H,1-3,5-7,9H2,(H,18,21). The van der Waals surface area contributed by atoms with E-state index in [0.29, 0.717) is 0 Å². The molecule has 8 heteroatoms. The molecule has 1 saturated heterocycles. The second-order valence-electron chi connectivity index (χ2n) is 5.16. The first-order chi connectivity index (χ1) is 9.96. The van der Waals surface area contributed by atoms with Crippen molar-refractivity contribution >= 4 is 5.91 Å². The van der Waals surface area contributed by atoms with Gasteiger partial charge in [-0.25, -0.2) is 0 Å². The van der Waals surface area contributed by atoms with Crippen LogP contribution in [0.15, 0.2) is 12.3 Å². The number of nitrogens with one attached hydrogen (secondary N) is 2. The first-order valence-corrected chi connectivity index (χ1v) is 7.06. The molecule has 2 heterocycles. The number of hydrogen-bond acceptors (Lipinski definition) is 3. The van der Waals surface area contributed by atoms with E-state index in [1.54, 1.807) is 16.9 Å². The molecule has 0 bridgehead atoms. The third-order valence-electron chi connectivity index (χ3n) is 3.41. The number of alkyl halides is 3. The number of amides is 1. The number of halogens is 3. The minimum absolute atomic E-state index is 0.00378. The van der Waals surface area contributed by atoms with Gasteiger partial charge in [-0.2, -0.15) is 18.3 Å². The molecule has 2 rings (SSSR count). The van der Waals surface area contributed by atoms with Crippen LogP contribution < -0.4 is 10.6 Å². The Labute approximate surface area is 120 Å². The fraction of sp³-hybridized carbons (Fsp3) is 0.692. The Balaban J connectivity index is 1.79. The molecule has 1 atom stereocenters. The SMILES string of the molecule is O=C(NCCCC(F)(F)F)c1ccn(C2CCCNC2)n1. The molecule has 1 unspecified atom stereocenters. The zero-order valence-electron chi connectivity index (χ0n) is 11.6. The van der Waals surface area contributed by atoms with Crippen LogP contribution in [0.5, 0.6) is 0 Å². The first-order valence-electron chi connectivity index (χ1n) is 7.06. The number of nitrogens with zero attached hydrogens (tertiary/aromatic N) is 2. The highest BCUT2D eigenvalue weighted by atomic mass is 19.4. The molecule has 118 valence electrons. The number of carbonyl (C=O) groups excluding carboxylic acids is 1. The highest BCUT2D eigenvalue weighted by Gasteiger charge is 2.26. The maximum Gasteiger partial charge on any atom is 0.389 e. The summed E-state index contributed by atoms with van der Waals surface area (Å²) in [6, 6.07) is 1.82. The van der Waals surface area contributed by atoms with Gasteiger partial charge in [0.2, 0.25) is 0 Å². The lowest BCUT2D eigenvalue weighted by molar-refractivity contribution is -0.135. The molecule has 0 radical (unpaired) electrons. The molecule has 0 aromatic carbocycles. The maximum absolute atomic E-state index is 12.0. The fourth-order valence-corrected chi connectivity index (χ4v) is 2.30. The molecule has 1 amide bonds. The molecule has 1 aromatic heterocycles. The van der Waals surface area contributed by atoms with Crippen molar-refractivity contribution in [1.82, 2.24) is 20.4 Å². The van der Waals surface area contributed by atoms with Crippen LogP contribution in [-0.4, -0.2) is 41.5 Å². The van der Waals surface area contributed by atoms with Gasteiger partial charge in [-0.05, 0) is 31.9 Å². The Morgan fingerprint density at radius 2 is 2.33 bits per heavy atom. The van der Waals surface area contributed by atoms with E-state index in [4.69, 9.17) is 0 Å². The quantitative estimate of drug-likeness (QED) is 0.817. The minimum atomic E-state index is -4.18. The summed E-state index contributed by atoms with van der Waals surface area (Å²) in [5.41, 5.74) is 0.243. The lowest BCUT2D eigenvalue weighted by atomic mass is 10.1. The van der Waals surface area contributed by atoms with Gasteiger partial charge in [0.1, 0.15) is 5.69 Å². The second-order valence-corrected chi connectivity index (χ2v) is 5.16. The van der Waals surface area contributed by atoms with Gasteiger partial charge in [-0.1, -0.05) is 0 Å². The zero-order valence-corrected chi connectivity index (χ0v) is 11.6. The number of hydrogen-bond donors (Lipinski definition) is 2. The van der Waals surface area contributed by atoms with Crippen LogP contribution >= 0.6 is 0 Å². The van der Waals surface area contributed by atoms with Crippen molar-refractivity contribution < 1.29 is 18.0 Å². The van der Waals surface area contributed by atoms with Crippen molar-refractivity contribution in [2.24, 2.45) is 0 Å². The first kappa shape index (κ1) is 15.8. The smallest absolute Gasteiger partial charge is 0.351 e. The Morgan fingerprint density at radius 1 is 1.52 bits per heavy atom. The number of piperidine rings is 1. The third kappa shape index (κ3) is 5.04. The van der Waals surface area contributed by atoms with Crippen molar-refractivity contribution in [3.05, 3.63) is 18.0 Å². The lowest BCUT2D eigenvalue weighted by Gasteiger charge is -2.22. The van der Waals surface area contributed by atoms with Crippen molar-refractivity contribution in [2.45, 2.75) is 37.9 Å². The van der Waals surface area contributed by atoms with Crippen LogP contribution in [0.1, 0.15) is 42.2 Å². The summed E-state index contributed by atoms with van der Waals surface area (Å²) in [6.07, 6.45) is -1.40. The summed E-state index contributed by atoms with van der Waals surface area (Å²) in [5, 5.41) is 9.92. The fourth-order valence-electron chi connectivity index (χ4n) is 2.30. The predicted octanol–water partition coefficient (Wildman–Crippen LogP) is 1.88. The van der Waals surface area contributed by atoms with Gasteiger partial charge in [0, 0.05) is 25.7 Å². The van der Waals surface area contributed by atoms with E-state index in [9.17, 15) is 18.0 Å². The van der Waals surface area contributed by atoms with E-state index in [2.05, 4.69) is 15.7 Å². The second kappa shape index (κ2) is 6.93. The molecular weight excluding hydrogens is 285 g/mol. The van der Waals surface area contributed by atoms with Crippen LogP contribution in [0.3, 0.4) is 0 Å². The Bertz CT molecular complexity index is 466. The van der Waals surface area contributed by atoms with E-state index < -0.39 is 18.5 Å². The van der Waals surface area contributed by atoms with E-state index in [0.717, 1.165) is 25.9 Å². The average molecular weight is 304 g/mol. The summed E-state index contributed by atoms with van der Waals surface area (Å²) in [7, 11) is 0. The molecule has 2 N–H and O–H groups in total. The highest BCUT2D eigenvalue weighted by molar-refractivity contribution is 5.92. The summed E-state index contributed by atoms with van der Waals surface area (Å²) in [6.45, 7) is 1.80. The lowest BCUT2D eigenvalue weighted by Crippen LogP contribution is -2.32. The molecule has 1 aliphatic rings. The van der Waals surface area contributed by atoms with Gasteiger partial charge < -0.3 is 10.6 Å². The Kier molecular flexibility index (Phi) is 5.22. The average Bonchev–Trinajstić information content (AvgIpc) is 2.93. The molecule has 0 saturated carbocycles. The van der Waals surface area contributed by atoms with E-state index in [-0.39, 0.29) is 24.7 Å². The molecular formula is C13H19F3N4O. The highest BCUT2D eigenvalue weighted by Crippen LogP contribution is 2.20. The Hall–Kier alpha value is -1.57. The van der Waals surface area contributed by atoms with Crippen molar-refractivity contribution in [3.8, 4) is 0 Å². The summed E-state index contributed by atoms with van der Waals surface area (Å²) in [5.74, 6) is -0.431. The van der Waals surface area contributed by atoms with Gasteiger partial charge in [0.05, 0.1) is 6.04 Å². The van der Waals surface area contributed by atoms with E-state index in [1.165, 1.54) is 0 Å². The normalized spacial score (nSPS) is 19.5. The minimum Gasteiger partial charge on any atom is -0.351 e. The number of aromatic nitrogens is 2. The van der Waals surface area contributed by atoms with Gasteiger partial charge in [-0.3, -0.25) is 9.48 Å². The molecule has 1 aromatic rings. The molecule has 0 aliphatic carbocycles. The number of carbonyl (C=O) groups is 1. The van der Waals surface area contributed by atoms with Crippen LogP contribution in [0.2, 0.25) is 0 Å². The molecule has 0 spiro atoms. The topological polar surface area (TPSA) is 59.0 Å². The van der Waals surface area contributed by atoms with Gasteiger partial charge in [-0.15, -0.1) is 0 Å². The molecule has 1 aliphatic heterocycles. The van der Waals surface area contributed by atoms with Crippen LogP contribution in [0.25, 0.3) is 0 Å². The predicted molar refractivity (Wildman–Crippen MR) is 71.0 cm³/mol. The zero-order chi connectivity index (χ0) is 15.3. The number of rotatable bonds is 5. The van der Waals surface area contributed by atoms with Gasteiger partial charge in [0.25, 0.3) is 5.91 Å². The van der Waals surface area contributed by atoms with Crippen LogP contribution in [-0.2, 0) is 0 Å². The molecule has 21 heavy (non-hydrogen) atoms. The van der Waals surface area contributed by atoms with E-state index in [1.807, 2.05) is 0 Å². The van der Waals surface area contributed by atoms with Crippen molar-refractivity contribution in [1.29, 1.82) is 0 Å². The van der Waals surface area contributed by atoms with Crippen molar-refractivity contribution in [2.75, 3.05) is 19.6 Å². The summed E-state index contributed by atoms with van der Waals surface area (Å²) in [4.78, 5) is 11.8. The largest absolute Gasteiger partial charge is 0.389 e. The molecule has 1 fully saturated rings. The van der Waals surface area contributed by atoms with Crippen LogP contribution in [0, 0.1) is 0 Å². The Morgan fingerprint density at radius 3 is 3.00 bits per heavy atom. The van der Waals surface area contributed by atoms with Gasteiger partial charge >= 0.3 is 6.18 Å². The van der Waals surface area contributed by atoms with Gasteiger partial charge in [0.15, 0.2) is 0 Å². The van der Waals surface area contributed by atoms with Crippen molar-refractivity contribution in [3.63, 3.8) is 0 Å². The summed E-state index contributed by atoms with van der Waals surface area (Å²) < 4.78 is 37.7. The third-order valence-corrected chi connectivity index (χ3v) is 3.41. The monoisotopic (exact) mass is 304 g/mol. The van der Waals surface area contributed by atoms with Crippen LogP contribution in [0.4, 0.5) is 13.2 Å².